The average molecular weight is 659 g/mol. The Morgan fingerprint density at radius 2 is 1.80 bits per heavy atom. The quantitative estimate of drug-likeness (QED) is 0.0910. The first-order valence-electron chi connectivity index (χ1n) is 12.9. The summed E-state index contributed by atoms with van der Waals surface area (Å²) in [7, 11) is -4.85. The highest BCUT2D eigenvalue weighted by Gasteiger charge is 2.48. The number of hydroxylamine groups is 2. The zero-order chi connectivity index (χ0) is 32.8. The molecule has 0 spiro atoms. The molecule has 1 fully saturated rings. The molecule has 2 N–H and O–H groups in total. The van der Waals surface area contributed by atoms with Crippen LogP contribution in [0.25, 0.3) is 0 Å². The summed E-state index contributed by atoms with van der Waals surface area (Å²) >= 11 is 0.535. The second-order valence-electron chi connectivity index (χ2n) is 9.78. The van der Waals surface area contributed by atoms with Gasteiger partial charge in [0.1, 0.15) is 0 Å². The number of nitro groups is 2. The van der Waals surface area contributed by atoms with E-state index < -0.39 is 71.6 Å². The van der Waals surface area contributed by atoms with Gasteiger partial charge in [0.2, 0.25) is 5.89 Å². The molecule has 1 atom stereocenters. The maximum Gasteiger partial charge on any atom is 0.333 e. The monoisotopic (exact) mass is 658 g/mol. The lowest BCUT2D eigenvalue weighted by Crippen LogP contribution is -2.36. The largest absolute Gasteiger partial charge is 0.416 e. The van der Waals surface area contributed by atoms with Gasteiger partial charge in [0, 0.05) is 31.5 Å². The van der Waals surface area contributed by atoms with Gasteiger partial charge in [-0.15, -0.1) is 15.3 Å². The summed E-state index contributed by atoms with van der Waals surface area (Å²) in [5.74, 6) is -3.90. The van der Waals surface area contributed by atoms with Crippen LogP contribution in [-0.2, 0) is 35.8 Å². The molecule has 1 aliphatic heterocycles. The summed E-state index contributed by atoms with van der Waals surface area (Å²) in [6, 6.07) is 1.78. The number of hydrogen-bond acceptors (Lipinski definition) is 15. The zero-order valence-corrected chi connectivity index (χ0v) is 24.8. The molecule has 1 unspecified atom stereocenters. The Morgan fingerprint density at radius 3 is 2.34 bits per heavy atom. The van der Waals surface area contributed by atoms with Crippen molar-refractivity contribution in [2.45, 2.75) is 67.7 Å². The van der Waals surface area contributed by atoms with E-state index in [0.717, 1.165) is 12.1 Å². The summed E-state index contributed by atoms with van der Waals surface area (Å²) < 4.78 is 36.7. The number of amides is 3. The van der Waals surface area contributed by atoms with Crippen LogP contribution in [0.1, 0.15) is 62.2 Å². The first-order chi connectivity index (χ1) is 20.6. The Balaban J connectivity index is 1.54. The number of nitrogens with one attached hydrogen (secondary N) is 1. The number of carbonyl (C=O) groups is 4. The minimum Gasteiger partial charge on any atom is -0.416 e. The van der Waals surface area contributed by atoms with Crippen LogP contribution in [-0.4, -0.2) is 73.6 Å². The summed E-state index contributed by atoms with van der Waals surface area (Å²) in [5.41, 5.74) is -1.77. The summed E-state index contributed by atoms with van der Waals surface area (Å²) in [6.45, 7) is 3.83. The lowest BCUT2D eigenvalue weighted by molar-refractivity contribution is -0.399. The Kier molecular flexibility index (Phi) is 11.1. The number of nitro benzene ring substituents is 2. The van der Waals surface area contributed by atoms with Gasteiger partial charge in [-0.3, -0.25) is 39.2 Å². The number of nitrogens with zero attached hydrogens (tertiary/aromatic N) is 5. The fourth-order valence-electron chi connectivity index (χ4n) is 3.84. The van der Waals surface area contributed by atoms with Crippen LogP contribution in [0.5, 0.6) is 0 Å². The maximum atomic E-state index is 12.7. The molecular formula is C23H26N6O13S2. The molecule has 2 aromatic rings. The second kappa shape index (κ2) is 14.3. The minimum atomic E-state index is -4.85. The molecule has 3 rings (SSSR count). The van der Waals surface area contributed by atoms with Gasteiger partial charge in [-0.05, 0) is 30.5 Å². The number of aromatic nitrogens is 2. The van der Waals surface area contributed by atoms with E-state index in [0.29, 0.717) is 31.0 Å². The highest BCUT2D eigenvalue weighted by molar-refractivity contribution is 7.99. The number of carbonyl (C=O) groups excluding carboxylic acids is 4. The van der Waals surface area contributed by atoms with Crippen molar-refractivity contribution in [1.29, 1.82) is 0 Å². The number of hydrogen-bond donors (Lipinski definition) is 2. The smallest absolute Gasteiger partial charge is 0.333 e. The summed E-state index contributed by atoms with van der Waals surface area (Å²) in [6.07, 6.45) is 0.0729. The van der Waals surface area contributed by atoms with Crippen molar-refractivity contribution in [3.63, 3.8) is 0 Å². The number of rotatable bonds is 15. The second-order valence-corrected chi connectivity index (χ2v) is 12.3. The average Bonchev–Trinajstić information content (AvgIpc) is 3.48. The third-order valence-electron chi connectivity index (χ3n) is 5.88. The van der Waals surface area contributed by atoms with Gasteiger partial charge < -0.3 is 14.6 Å². The van der Waals surface area contributed by atoms with Gasteiger partial charge in [0.25, 0.3) is 44.4 Å². The van der Waals surface area contributed by atoms with Gasteiger partial charge in [-0.25, -0.2) is 4.79 Å². The Bertz CT molecular complexity index is 1560. The van der Waals surface area contributed by atoms with Gasteiger partial charge in [0.05, 0.1) is 21.8 Å². The zero-order valence-electron chi connectivity index (χ0n) is 23.2. The highest BCUT2D eigenvalue weighted by Crippen LogP contribution is 2.42. The van der Waals surface area contributed by atoms with E-state index in [-0.39, 0.29) is 47.0 Å². The fraction of sp³-hybridized carbons (Fsp3) is 0.478. The number of unbranched alkanes of at least 4 members (excludes halogenated alkanes) is 2. The molecule has 238 valence electrons. The van der Waals surface area contributed by atoms with Crippen LogP contribution < -0.4 is 5.32 Å². The van der Waals surface area contributed by atoms with Crippen LogP contribution in [0.2, 0.25) is 0 Å². The first-order valence-corrected chi connectivity index (χ1v) is 15.2. The summed E-state index contributed by atoms with van der Waals surface area (Å²) in [5, 5.41) is 31.4. The van der Waals surface area contributed by atoms with Crippen LogP contribution in [0.3, 0.4) is 0 Å². The Labute approximate surface area is 252 Å². The standard InChI is InChI=1S/C23H26N6O13S2/c1-12(2)8-17-25-26-23(41-17)43-20-14(28(34)35)9-13(10-15(20)29(36)37)21(32)24-7-5-3-4-6-19(31)42-27-18(30)11-16(22(27)33)44(38,39)40/h9-10,12,16H,3-8,11H2,1-2H3,(H,24,32)(H,38,39,40). The maximum absolute atomic E-state index is 12.7. The molecule has 0 radical (unpaired) electrons. The normalized spacial score (nSPS) is 15.1. The SMILES string of the molecule is CC(C)Cc1nnc(Sc2c([N+](=O)[O-])cc(C(=O)NCCCCCC(=O)ON3C(=O)CC(S(=O)(=O)O)C3=O)cc2[N+](=O)[O-])o1. The first kappa shape index (κ1) is 34.0. The molecule has 0 saturated carbocycles. The lowest BCUT2D eigenvalue weighted by Gasteiger charge is -2.13. The molecule has 21 heteroatoms. The van der Waals surface area contributed by atoms with E-state index in [1.54, 1.807) is 0 Å². The molecule has 1 aromatic carbocycles. The Hall–Kier alpha value is -4.50. The van der Waals surface area contributed by atoms with E-state index in [2.05, 4.69) is 20.4 Å². The molecule has 19 nitrogen and oxygen atoms in total. The van der Waals surface area contributed by atoms with E-state index in [1.807, 2.05) is 13.8 Å². The lowest BCUT2D eigenvalue weighted by atomic mass is 10.1. The molecule has 1 aliphatic rings. The van der Waals surface area contributed by atoms with E-state index >= 15 is 0 Å². The highest BCUT2D eigenvalue weighted by atomic mass is 32.2. The van der Waals surface area contributed by atoms with Crippen LogP contribution in [0, 0.1) is 26.1 Å². The Morgan fingerprint density at radius 1 is 1.16 bits per heavy atom. The van der Waals surface area contributed by atoms with Gasteiger partial charge in [-0.2, -0.15) is 8.42 Å². The fourth-order valence-corrected chi connectivity index (χ4v) is 5.41. The van der Waals surface area contributed by atoms with Crippen molar-refractivity contribution < 1.29 is 51.3 Å². The molecule has 1 aromatic heterocycles. The van der Waals surface area contributed by atoms with Gasteiger partial charge in [-0.1, -0.05) is 20.3 Å². The third kappa shape index (κ3) is 8.76. The predicted molar refractivity (Wildman–Crippen MR) is 145 cm³/mol. The molecule has 2 heterocycles. The van der Waals surface area contributed by atoms with Crippen LogP contribution in [0.15, 0.2) is 26.7 Å². The van der Waals surface area contributed by atoms with Gasteiger partial charge in [0.15, 0.2) is 10.1 Å². The van der Waals surface area contributed by atoms with E-state index in [9.17, 15) is 47.8 Å². The van der Waals surface area contributed by atoms with Crippen molar-refractivity contribution in [3.05, 3.63) is 43.8 Å². The molecule has 0 bridgehead atoms. The molecule has 44 heavy (non-hydrogen) atoms. The predicted octanol–water partition coefficient (Wildman–Crippen LogP) is 2.00. The van der Waals surface area contributed by atoms with Crippen LogP contribution in [0.4, 0.5) is 11.4 Å². The van der Waals surface area contributed by atoms with Crippen molar-refractivity contribution in [1.82, 2.24) is 20.6 Å². The topological polar surface area (TPSA) is 272 Å². The van der Waals surface area contributed by atoms with Crippen molar-refractivity contribution >= 4 is 56.9 Å². The van der Waals surface area contributed by atoms with Crippen LogP contribution >= 0.6 is 11.8 Å². The van der Waals surface area contributed by atoms with Gasteiger partial charge >= 0.3 is 5.97 Å². The molecule has 3 amide bonds. The summed E-state index contributed by atoms with van der Waals surface area (Å²) in [4.78, 5) is 74.3. The van der Waals surface area contributed by atoms with E-state index in [4.69, 9.17) is 8.97 Å². The molecule has 0 aliphatic carbocycles. The molecular weight excluding hydrogens is 632 g/mol. The number of benzene rings is 1. The molecule has 1 saturated heterocycles. The van der Waals surface area contributed by atoms with E-state index in [1.165, 1.54) is 0 Å². The minimum absolute atomic E-state index is 0.00468. The van der Waals surface area contributed by atoms with Crippen molar-refractivity contribution in [3.8, 4) is 0 Å². The number of imide groups is 1. The van der Waals surface area contributed by atoms with Crippen molar-refractivity contribution in [2.75, 3.05) is 6.54 Å². The third-order valence-corrected chi connectivity index (χ3v) is 7.93. The van der Waals surface area contributed by atoms with Crippen molar-refractivity contribution in [2.24, 2.45) is 5.92 Å².